The molecule has 0 aromatic rings. The molecule has 0 aliphatic heterocycles. The van der Waals surface area contributed by atoms with Crippen molar-refractivity contribution in [1.29, 1.82) is 0 Å². The molecule has 0 aromatic carbocycles. The van der Waals surface area contributed by atoms with E-state index in [1.165, 1.54) is 32.1 Å². The smallest absolute Gasteiger partial charge is 0.0192 e. The van der Waals surface area contributed by atoms with Gasteiger partial charge in [0.15, 0.2) is 0 Å². The molecule has 0 radical (unpaired) electrons. The summed E-state index contributed by atoms with van der Waals surface area (Å²) in [7, 11) is 0. The molecule has 0 aliphatic carbocycles. The lowest BCUT2D eigenvalue weighted by molar-refractivity contribution is 0.444. The molecule has 2 unspecified atom stereocenters. The molecule has 2 atom stereocenters. The SMILES string of the molecule is CCCCCCCC(N)C(N)CCC. The van der Waals surface area contributed by atoms with E-state index >= 15 is 0 Å². The highest BCUT2D eigenvalue weighted by Gasteiger charge is 2.10. The molecule has 0 rings (SSSR count). The summed E-state index contributed by atoms with van der Waals surface area (Å²) in [5.74, 6) is 0. The molecule has 4 N–H and O–H groups in total. The predicted octanol–water partition coefficient (Wildman–Crippen LogP) is 2.80. The monoisotopic (exact) mass is 200 g/mol. The maximum Gasteiger partial charge on any atom is 0.0192 e. The summed E-state index contributed by atoms with van der Waals surface area (Å²) in [6.07, 6.45) is 9.90. The Bertz CT molecular complexity index is 115. The maximum absolute atomic E-state index is 5.99. The first-order chi connectivity index (χ1) is 6.72. The summed E-state index contributed by atoms with van der Waals surface area (Å²) in [5, 5.41) is 0. The Morgan fingerprint density at radius 1 is 0.714 bits per heavy atom. The molecule has 2 nitrogen and oxygen atoms in total. The van der Waals surface area contributed by atoms with Gasteiger partial charge in [-0.1, -0.05) is 52.4 Å². The number of hydrogen-bond donors (Lipinski definition) is 2. The summed E-state index contributed by atoms with van der Waals surface area (Å²) >= 11 is 0. The second-order valence-corrected chi connectivity index (χ2v) is 4.32. The minimum absolute atomic E-state index is 0.214. The van der Waals surface area contributed by atoms with Crippen LogP contribution in [-0.4, -0.2) is 12.1 Å². The number of rotatable bonds is 9. The van der Waals surface area contributed by atoms with Gasteiger partial charge in [0.05, 0.1) is 0 Å². The van der Waals surface area contributed by atoms with Crippen molar-refractivity contribution in [3.05, 3.63) is 0 Å². The van der Waals surface area contributed by atoms with Gasteiger partial charge in [-0.05, 0) is 12.8 Å². The van der Waals surface area contributed by atoms with Crippen molar-refractivity contribution < 1.29 is 0 Å². The van der Waals surface area contributed by atoms with Crippen LogP contribution in [0.25, 0.3) is 0 Å². The normalized spacial score (nSPS) is 15.4. The van der Waals surface area contributed by atoms with Gasteiger partial charge in [-0.15, -0.1) is 0 Å². The number of nitrogens with two attached hydrogens (primary N) is 2. The van der Waals surface area contributed by atoms with Crippen molar-refractivity contribution in [2.24, 2.45) is 11.5 Å². The third kappa shape index (κ3) is 7.34. The second-order valence-electron chi connectivity index (χ2n) is 4.32. The molecule has 0 heterocycles. The van der Waals surface area contributed by atoms with Crippen LogP contribution in [0.4, 0.5) is 0 Å². The third-order valence-electron chi connectivity index (χ3n) is 2.81. The molecule has 0 aromatic heterocycles. The number of hydrogen-bond acceptors (Lipinski definition) is 2. The summed E-state index contributed by atoms with van der Waals surface area (Å²) in [4.78, 5) is 0. The van der Waals surface area contributed by atoms with Gasteiger partial charge in [-0.2, -0.15) is 0 Å². The van der Waals surface area contributed by atoms with E-state index in [9.17, 15) is 0 Å². The van der Waals surface area contributed by atoms with Crippen molar-refractivity contribution in [3.63, 3.8) is 0 Å². The fraction of sp³-hybridized carbons (Fsp3) is 1.00. The standard InChI is InChI=1S/C12H28N2/c1-3-5-6-7-8-10-12(14)11(13)9-4-2/h11-12H,3-10,13-14H2,1-2H3. The van der Waals surface area contributed by atoms with Gasteiger partial charge < -0.3 is 11.5 Å². The van der Waals surface area contributed by atoms with Gasteiger partial charge in [0.25, 0.3) is 0 Å². The Morgan fingerprint density at radius 3 is 1.86 bits per heavy atom. The summed E-state index contributed by atoms with van der Waals surface area (Å²) in [6, 6.07) is 0.433. The third-order valence-corrected chi connectivity index (χ3v) is 2.81. The van der Waals surface area contributed by atoms with Gasteiger partial charge in [0.1, 0.15) is 0 Å². The first-order valence-corrected chi connectivity index (χ1v) is 6.23. The summed E-state index contributed by atoms with van der Waals surface area (Å²) < 4.78 is 0. The molecule has 0 aliphatic rings. The van der Waals surface area contributed by atoms with Crippen LogP contribution < -0.4 is 11.5 Å². The van der Waals surface area contributed by atoms with E-state index in [0.29, 0.717) is 0 Å². The van der Waals surface area contributed by atoms with Crippen molar-refractivity contribution in [1.82, 2.24) is 0 Å². The van der Waals surface area contributed by atoms with E-state index in [1.807, 2.05) is 0 Å². The fourth-order valence-corrected chi connectivity index (χ4v) is 1.75. The van der Waals surface area contributed by atoms with Gasteiger partial charge in [-0.25, -0.2) is 0 Å². The molecular weight excluding hydrogens is 172 g/mol. The zero-order valence-electron chi connectivity index (χ0n) is 9.97. The lowest BCUT2D eigenvalue weighted by Gasteiger charge is -2.18. The molecule has 86 valence electrons. The summed E-state index contributed by atoms with van der Waals surface area (Å²) in [6.45, 7) is 4.40. The minimum Gasteiger partial charge on any atom is -0.326 e. The highest BCUT2D eigenvalue weighted by Crippen LogP contribution is 2.09. The quantitative estimate of drug-likeness (QED) is 0.562. The molecule has 2 heteroatoms. The molecule has 0 saturated carbocycles. The second kappa shape index (κ2) is 9.47. The van der Waals surface area contributed by atoms with Crippen LogP contribution in [0.5, 0.6) is 0 Å². The van der Waals surface area contributed by atoms with Gasteiger partial charge in [0.2, 0.25) is 0 Å². The summed E-state index contributed by atoms with van der Waals surface area (Å²) in [5.41, 5.74) is 11.9. The molecule has 0 bridgehead atoms. The van der Waals surface area contributed by atoms with Gasteiger partial charge in [0, 0.05) is 12.1 Å². The minimum atomic E-state index is 0.214. The van der Waals surface area contributed by atoms with Crippen LogP contribution >= 0.6 is 0 Å². The Kier molecular flexibility index (Phi) is 9.42. The van der Waals surface area contributed by atoms with E-state index in [0.717, 1.165) is 19.3 Å². The molecule has 0 fully saturated rings. The topological polar surface area (TPSA) is 52.0 Å². The van der Waals surface area contributed by atoms with E-state index in [-0.39, 0.29) is 12.1 Å². The van der Waals surface area contributed by atoms with Crippen LogP contribution in [0, 0.1) is 0 Å². The van der Waals surface area contributed by atoms with E-state index in [1.54, 1.807) is 0 Å². The first kappa shape index (κ1) is 13.9. The lowest BCUT2D eigenvalue weighted by Crippen LogP contribution is -2.41. The molecule has 0 saturated heterocycles. The maximum atomic E-state index is 5.99. The number of unbranched alkanes of at least 4 members (excludes halogenated alkanes) is 4. The highest BCUT2D eigenvalue weighted by molar-refractivity contribution is 4.75. The van der Waals surface area contributed by atoms with Crippen LogP contribution in [0.15, 0.2) is 0 Å². The largest absolute Gasteiger partial charge is 0.326 e. The molecular formula is C12H28N2. The average molecular weight is 200 g/mol. The molecule has 0 amide bonds. The first-order valence-electron chi connectivity index (χ1n) is 6.23. The van der Waals surface area contributed by atoms with Crippen molar-refractivity contribution in [3.8, 4) is 0 Å². The fourth-order valence-electron chi connectivity index (χ4n) is 1.75. The van der Waals surface area contributed by atoms with Crippen LogP contribution in [-0.2, 0) is 0 Å². The van der Waals surface area contributed by atoms with Crippen LogP contribution in [0.3, 0.4) is 0 Å². The highest BCUT2D eigenvalue weighted by atomic mass is 14.8. The Labute approximate surface area is 89.4 Å². The molecule has 0 spiro atoms. The van der Waals surface area contributed by atoms with Crippen molar-refractivity contribution in [2.75, 3.05) is 0 Å². The Hall–Kier alpha value is -0.0800. The van der Waals surface area contributed by atoms with Crippen LogP contribution in [0.1, 0.15) is 65.2 Å². The predicted molar refractivity (Wildman–Crippen MR) is 64.2 cm³/mol. The van der Waals surface area contributed by atoms with E-state index in [2.05, 4.69) is 13.8 Å². The van der Waals surface area contributed by atoms with Crippen LogP contribution in [0.2, 0.25) is 0 Å². The Balaban J connectivity index is 3.29. The Morgan fingerprint density at radius 2 is 1.29 bits per heavy atom. The average Bonchev–Trinajstić information content (AvgIpc) is 2.17. The molecule has 14 heavy (non-hydrogen) atoms. The van der Waals surface area contributed by atoms with Gasteiger partial charge in [-0.3, -0.25) is 0 Å². The zero-order valence-corrected chi connectivity index (χ0v) is 9.97. The van der Waals surface area contributed by atoms with Crippen molar-refractivity contribution >= 4 is 0 Å². The van der Waals surface area contributed by atoms with Gasteiger partial charge >= 0.3 is 0 Å². The van der Waals surface area contributed by atoms with Crippen molar-refractivity contribution in [2.45, 2.75) is 77.3 Å². The van der Waals surface area contributed by atoms with E-state index < -0.39 is 0 Å². The van der Waals surface area contributed by atoms with E-state index in [4.69, 9.17) is 11.5 Å². The lowest BCUT2D eigenvalue weighted by atomic mass is 9.99. The zero-order chi connectivity index (χ0) is 10.8.